The largest absolute Gasteiger partial charge is 0.369 e. The van der Waals surface area contributed by atoms with Crippen molar-refractivity contribution in [2.24, 2.45) is 0 Å². The molecular formula is C28H32N4O. The van der Waals surface area contributed by atoms with E-state index in [4.69, 9.17) is 0 Å². The second-order valence-electron chi connectivity index (χ2n) is 9.16. The first-order valence-corrected chi connectivity index (χ1v) is 11.8. The van der Waals surface area contributed by atoms with E-state index >= 15 is 0 Å². The van der Waals surface area contributed by atoms with Crippen LogP contribution in [0.1, 0.15) is 33.2 Å². The number of piperazine rings is 1. The third kappa shape index (κ3) is 4.46. The fourth-order valence-corrected chi connectivity index (χ4v) is 4.88. The van der Waals surface area contributed by atoms with E-state index in [0.717, 1.165) is 55.0 Å². The molecule has 1 fully saturated rings. The first-order valence-electron chi connectivity index (χ1n) is 11.8. The Bertz CT molecular complexity index is 1100. The van der Waals surface area contributed by atoms with Gasteiger partial charge in [0.25, 0.3) is 5.91 Å². The highest BCUT2D eigenvalue weighted by molar-refractivity contribution is 6.03. The molecule has 33 heavy (non-hydrogen) atoms. The number of carbonyl (C=O) groups excluding carboxylic acids is 1. The smallest absolute Gasteiger partial charge is 0.258 e. The van der Waals surface area contributed by atoms with Crippen LogP contribution in [0.4, 0.5) is 11.4 Å². The van der Waals surface area contributed by atoms with Gasteiger partial charge in [0.15, 0.2) is 0 Å². The molecule has 1 N–H and O–H groups in total. The van der Waals surface area contributed by atoms with Crippen molar-refractivity contribution in [3.8, 4) is 0 Å². The van der Waals surface area contributed by atoms with Gasteiger partial charge in [-0.25, -0.2) is 0 Å². The molecule has 0 saturated carbocycles. The van der Waals surface area contributed by atoms with Crippen LogP contribution in [0.5, 0.6) is 0 Å². The van der Waals surface area contributed by atoms with Crippen LogP contribution in [0, 0.1) is 6.92 Å². The summed E-state index contributed by atoms with van der Waals surface area (Å²) in [5, 5.41) is 3.66. The third-order valence-electron chi connectivity index (χ3n) is 6.91. The fourth-order valence-electron chi connectivity index (χ4n) is 4.88. The van der Waals surface area contributed by atoms with Crippen molar-refractivity contribution in [1.82, 2.24) is 9.80 Å². The van der Waals surface area contributed by atoms with Crippen LogP contribution in [-0.2, 0) is 6.42 Å². The highest BCUT2D eigenvalue weighted by atomic mass is 16.2. The average Bonchev–Trinajstić information content (AvgIpc) is 2.84. The van der Waals surface area contributed by atoms with Gasteiger partial charge in [0.2, 0.25) is 0 Å². The number of hydrogen-bond acceptors (Lipinski definition) is 4. The predicted molar refractivity (Wildman–Crippen MR) is 135 cm³/mol. The fraction of sp³-hybridized carbons (Fsp3) is 0.321. The summed E-state index contributed by atoms with van der Waals surface area (Å²) in [6.07, 6.45) is 0.641. The van der Waals surface area contributed by atoms with Crippen molar-refractivity contribution in [3.05, 3.63) is 95.1 Å². The van der Waals surface area contributed by atoms with Crippen molar-refractivity contribution >= 4 is 17.3 Å². The first-order chi connectivity index (χ1) is 16.1. The molecule has 0 radical (unpaired) electrons. The first kappa shape index (κ1) is 21.5. The minimum Gasteiger partial charge on any atom is -0.369 e. The molecule has 0 aliphatic carbocycles. The van der Waals surface area contributed by atoms with Gasteiger partial charge in [0.1, 0.15) is 6.17 Å². The van der Waals surface area contributed by atoms with E-state index in [0.29, 0.717) is 6.54 Å². The summed E-state index contributed by atoms with van der Waals surface area (Å²) >= 11 is 0. The number of rotatable bonds is 5. The number of aryl methyl sites for hydroxylation is 1. The molecule has 1 saturated heterocycles. The van der Waals surface area contributed by atoms with Crippen LogP contribution >= 0.6 is 0 Å². The summed E-state index contributed by atoms with van der Waals surface area (Å²) in [6, 6.07) is 25.2. The van der Waals surface area contributed by atoms with Gasteiger partial charge in [0, 0.05) is 44.1 Å². The Morgan fingerprint density at radius 3 is 2.33 bits per heavy atom. The quantitative estimate of drug-likeness (QED) is 0.632. The summed E-state index contributed by atoms with van der Waals surface area (Å²) in [6.45, 7) is 6.94. The van der Waals surface area contributed by atoms with Crippen molar-refractivity contribution < 1.29 is 4.79 Å². The molecule has 5 rings (SSSR count). The van der Waals surface area contributed by atoms with Gasteiger partial charge in [0.05, 0.1) is 5.56 Å². The summed E-state index contributed by atoms with van der Waals surface area (Å²) in [4.78, 5) is 20.5. The molecule has 3 aromatic carbocycles. The third-order valence-corrected chi connectivity index (χ3v) is 6.91. The maximum atomic E-state index is 13.7. The number of hydrogen-bond donors (Lipinski definition) is 1. The molecule has 1 amide bonds. The van der Waals surface area contributed by atoms with Crippen LogP contribution in [-0.4, -0.2) is 55.5 Å². The molecule has 1 unspecified atom stereocenters. The topological polar surface area (TPSA) is 38.8 Å². The lowest BCUT2D eigenvalue weighted by Crippen LogP contribution is -2.45. The van der Waals surface area contributed by atoms with E-state index in [-0.39, 0.29) is 12.1 Å². The van der Waals surface area contributed by atoms with Crippen LogP contribution in [0.15, 0.2) is 72.8 Å². The Balaban J connectivity index is 1.42. The van der Waals surface area contributed by atoms with Crippen molar-refractivity contribution in [3.63, 3.8) is 0 Å². The molecule has 2 aliphatic heterocycles. The molecule has 2 aliphatic rings. The van der Waals surface area contributed by atoms with E-state index in [9.17, 15) is 4.79 Å². The molecule has 5 nitrogen and oxygen atoms in total. The van der Waals surface area contributed by atoms with E-state index in [1.807, 2.05) is 36.1 Å². The lowest BCUT2D eigenvalue weighted by Gasteiger charge is -2.39. The lowest BCUT2D eigenvalue weighted by molar-refractivity contribution is 0.0685. The Morgan fingerprint density at radius 2 is 1.61 bits per heavy atom. The number of anilines is 2. The zero-order valence-electron chi connectivity index (χ0n) is 19.5. The van der Waals surface area contributed by atoms with Gasteiger partial charge in [-0.1, -0.05) is 54.6 Å². The monoisotopic (exact) mass is 440 g/mol. The lowest BCUT2D eigenvalue weighted by atomic mass is 9.98. The number of fused-ring (bicyclic) bond motifs is 1. The van der Waals surface area contributed by atoms with Crippen molar-refractivity contribution in [2.45, 2.75) is 19.5 Å². The minimum atomic E-state index is -0.183. The Labute approximate surface area is 196 Å². The second-order valence-corrected chi connectivity index (χ2v) is 9.16. The van der Waals surface area contributed by atoms with E-state index < -0.39 is 0 Å². The zero-order chi connectivity index (χ0) is 22.8. The Kier molecular flexibility index (Phi) is 6.05. The van der Waals surface area contributed by atoms with Gasteiger partial charge in [-0.15, -0.1) is 0 Å². The van der Waals surface area contributed by atoms with E-state index in [1.165, 1.54) is 11.3 Å². The summed E-state index contributed by atoms with van der Waals surface area (Å²) in [5.41, 5.74) is 6.33. The van der Waals surface area contributed by atoms with Gasteiger partial charge in [-0.05, 0) is 55.3 Å². The molecular weight excluding hydrogens is 408 g/mol. The summed E-state index contributed by atoms with van der Waals surface area (Å²) in [7, 11) is 2.18. The minimum absolute atomic E-state index is 0.103. The van der Waals surface area contributed by atoms with Crippen molar-refractivity contribution in [2.75, 3.05) is 50.0 Å². The number of carbonyl (C=O) groups is 1. The number of amides is 1. The zero-order valence-corrected chi connectivity index (χ0v) is 19.5. The second kappa shape index (κ2) is 9.28. The predicted octanol–water partition coefficient (Wildman–Crippen LogP) is 4.56. The number of benzene rings is 3. The van der Waals surface area contributed by atoms with Gasteiger partial charge in [-0.3, -0.25) is 4.79 Å². The molecule has 2 heterocycles. The normalized spacial score (nSPS) is 18.7. The molecule has 3 aromatic rings. The van der Waals surface area contributed by atoms with Crippen LogP contribution in [0.2, 0.25) is 0 Å². The average molecular weight is 441 g/mol. The SMILES string of the molecule is Cc1cccc2c1C(=O)N(CCc1ccccc1)C(c1ccc(N3CCN(C)CC3)cc1)N2. The molecule has 170 valence electrons. The number of nitrogens with one attached hydrogen (secondary N) is 1. The molecule has 0 aromatic heterocycles. The summed E-state index contributed by atoms with van der Waals surface area (Å²) in [5.74, 6) is 0.103. The van der Waals surface area contributed by atoms with Gasteiger partial charge < -0.3 is 20.0 Å². The number of nitrogens with zero attached hydrogens (tertiary/aromatic N) is 3. The molecule has 1 atom stereocenters. The van der Waals surface area contributed by atoms with Crippen LogP contribution < -0.4 is 10.2 Å². The van der Waals surface area contributed by atoms with E-state index in [1.54, 1.807) is 0 Å². The standard InChI is InChI=1S/C28H32N4O/c1-21-7-6-10-25-26(21)28(33)32(16-15-22-8-4-3-5-9-22)27(29-25)23-11-13-24(14-12-23)31-19-17-30(2)18-20-31/h3-14,27,29H,15-20H2,1-2H3. The maximum absolute atomic E-state index is 13.7. The van der Waals surface area contributed by atoms with Gasteiger partial charge in [-0.2, -0.15) is 0 Å². The molecule has 5 heteroatoms. The highest BCUT2D eigenvalue weighted by Gasteiger charge is 2.33. The highest BCUT2D eigenvalue weighted by Crippen LogP contribution is 2.35. The molecule has 0 bridgehead atoms. The van der Waals surface area contributed by atoms with E-state index in [2.05, 4.69) is 70.7 Å². The van der Waals surface area contributed by atoms with Crippen LogP contribution in [0.25, 0.3) is 0 Å². The Hall–Kier alpha value is -3.31. The van der Waals surface area contributed by atoms with Gasteiger partial charge >= 0.3 is 0 Å². The Morgan fingerprint density at radius 1 is 0.879 bits per heavy atom. The van der Waals surface area contributed by atoms with Crippen LogP contribution in [0.3, 0.4) is 0 Å². The summed E-state index contributed by atoms with van der Waals surface area (Å²) < 4.78 is 0. The maximum Gasteiger partial charge on any atom is 0.258 e. The van der Waals surface area contributed by atoms with Crippen molar-refractivity contribution in [1.29, 1.82) is 0 Å². The molecule has 0 spiro atoms. The number of likely N-dealkylation sites (N-methyl/N-ethyl adjacent to an activating group) is 1.